The molecule has 0 bridgehead atoms. The lowest BCUT2D eigenvalue weighted by Gasteiger charge is -2.29. The van der Waals surface area contributed by atoms with Gasteiger partial charge in [-0.1, -0.05) is 25.1 Å². The standard InChI is InChI=1S/C16H25N3O/c1-3-18(15-10-11-17-12-15)13-16(20)19(4-2)14-8-6-5-7-9-14/h5-9,15,17H,3-4,10-13H2,1-2H3. The molecule has 1 N–H and O–H groups in total. The number of hydrogen-bond donors (Lipinski definition) is 1. The average molecular weight is 275 g/mol. The monoisotopic (exact) mass is 275 g/mol. The highest BCUT2D eigenvalue weighted by Crippen LogP contribution is 2.15. The summed E-state index contributed by atoms with van der Waals surface area (Å²) in [4.78, 5) is 16.7. The number of rotatable bonds is 6. The molecule has 1 saturated heterocycles. The molecule has 0 aromatic heterocycles. The zero-order chi connectivity index (χ0) is 14.4. The van der Waals surface area contributed by atoms with Gasteiger partial charge in [-0.25, -0.2) is 0 Å². The van der Waals surface area contributed by atoms with Gasteiger partial charge in [-0.3, -0.25) is 9.69 Å². The zero-order valence-electron chi connectivity index (χ0n) is 12.5. The van der Waals surface area contributed by atoms with Crippen molar-refractivity contribution in [1.29, 1.82) is 0 Å². The van der Waals surface area contributed by atoms with Crippen molar-refractivity contribution in [3.63, 3.8) is 0 Å². The van der Waals surface area contributed by atoms with Gasteiger partial charge < -0.3 is 10.2 Å². The summed E-state index contributed by atoms with van der Waals surface area (Å²) in [5, 5.41) is 3.37. The number of anilines is 1. The van der Waals surface area contributed by atoms with Crippen LogP contribution in [0.1, 0.15) is 20.3 Å². The molecule has 4 heteroatoms. The van der Waals surface area contributed by atoms with Gasteiger partial charge in [0, 0.05) is 24.8 Å². The van der Waals surface area contributed by atoms with Crippen LogP contribution in [0.4, 0.5) is 5.69 Å². The molecular weight excluding hydrogens is 250 g/mol. The molecule has 1 amide bonds. The van der Waals surface area contributed by atoms with Gasteiger partial charge in [-0.2, -0.15) is 0 Å². The van der Waals surface area contributed by atoms with Crippen molar-refractivity contribution < 1.29 is 4.79 Å². The Morgan fingerprint density at radius 2 is 2.00 bits per heavy atom. The van der Waals surface area contributed by atoms with Crippen LogP contribution < -0.4 is 10.2 Å². The van der Waals surface area contributed by atoms with E-state index in [4.69, 9.17) is 0 Å². The van der Waals surface area contributed by atoms with Crippen molar-refractivity contribution in [3.8, 4) is 0 Å². The van der Waals surface area contributed by atoms with E-state index in [9.17, 15) is 4.79 Å². The Morgan fingerprint density at radius 3 is 2.55 bits per heavy atom. The summed E-state index contributed by atoms with van der Waals surface area (Å²) >= 11 is 0. The van der Waals surface area contributed by atoms with Crippen molar-refractivity contribution in [3.05, 3.63) is 30.3 Å². The summed E-state index contributed by atoms with van der Waals surface area (Å²) in [7, 11) is 0. The van der Waals surface area contributed by atoms with Crippen LogP contribution in [0, 0.1) is 0 Å². The molecule has 1 aliphatic heterocycles. The van der Waals surface area contributed by atoms with Crippen molar-refractivity contribution in [1.82, 2.24) is 10.2 Å². The van der Waals surface area contributed by atoms with Crippen molar-refractivity contribution >= 4 is 11.6 Å². The highest BCUT2D eigenvalue weighted by Gasteiger charge is 2.24. The molecule has 2 rings (SSSR count). The molecule has 1 fully saturated rings. The minimum absolute atomic E-state index is 0.187. The third-order valence-electron chi connectivity index (χ3n) is 3.98. The zero-order valence-corrected chi connectivity index (χ0v) is 12.5. The fraction of sp³-hybridized carbons (Fsp3) is 0.562. The Balaban J connectivity index is 2.01. The molecule has 0 aliphatic carbocycles. The summed E-state index contributed by atoms with van der Waals surface area (Å²) in [5.74, 6) is 0.187. The number of likely N-dealkylation sites (N-methyl/N-ethyl adjacent to an activating group) is 2. The third-order valence-corrected chi connectivity index (χ3v) is 3.98. The first-order valence-corrected chi connectivity index (χ1v) is 7.56. The molecule has 0 saturated carbocycles. The van der Waals surface area contributed by atoms with Crippen LogP contribution in [-0.2, 0) is 4.79 Å². The predicted molar refractivity (Wildman–Crippen MR) is 83.0 cm³/mol. The quantitative estimate of drug-likeness (QED) is 0.859. The molecule has 1 atom stereocenters. The lowest BCUT2D eigenvalue weighted by Crippen LogP contribution is -2.45. The predicted octanol–water partition coefficient (Wildman–Crippen LogP) is 1.72. The van der Waals surface area contributed by atoms with Gasteiger partial charge in [-0.05, 0) is 38.6 Å². The number of para-hydroxylation sites is 1. The maximum Gasteiger partial charge on any atom is 0.241 e. The van der Waals surface area contributed by atoms with Gasteiger partial charge in [0.25, 0.3) is 0 Å². The molecule has 0 spiro atoms. The summed E-state index contributed by atoms with van der Waals surface area (Å²) < 4.78 is 0. The Kier molecular flexibility index (Phi) is 5.56. The van der Waals surface area contributed by atoms with Gasteiger partial charge in [0.2, 0.25) is 5.91 Å². The number of hydrogen-bond acceptors (Lipinski definition) is 3. The summed E-state index contributed by atoms with van der Waals surface area (Å²) in [5.41, 5.74) is 0.987. The van der Waals surface area contributed by atoms with Gasteiger partial charge >= 0.3 is 0 Å². The van der Waals surface area contributed by atoms with Crippen LogP contribution in [0.15, 0.2) is 30.3 Å². The van der Waals surface area contributed by atoms with E-state index in [0.29, 0.717) is 19.1 Å². The lowest BCUT2D eigenvalue weighted by atomic mass is 10.2. The molecule has 1 aromatic rings. The third kappa shape index (κ3) is 3.58. The van der Waals surface area contributed by atoms with E-state index in [0.717, 1.165) is 31.7 Å². The normalized spacial score (nSPS) is 18.4. The fourth-order valence-corrected chi connectivity index (χ4v) is 2.82. The van der Waals surface area contributed by atoms with Gasteiger partial charge in [0.05, 0.1) is 6.54 Å². The van der Waals surface area contributed by atoms with Crippen molar-refractivity contribution in [2.45, 2.75) is 26.3 Å². The van der Waals surface area contributed by atoms with E-state index >= 15 is 0 Å². The topological polar surface area (TPSA) is 35.6 Å². The van der Waals surface area contributed by atoms with E-state index < -0.39 is 0 Å². The average Bonchev–Trinajstić information content (AvgIpc) is 3.00. The number of nitrogens with one attached hydrogen (secondary N) is 1. The summed E-state index contributed by atoms with van der Waals surface area (Å²) in [6.07, 6.45) is 1.14. The highest BCUT2D eigenvalue weighted by atomic mass is 16.2. The number of benzene rings is 1. The molecule has 0 radical (unpaired) electrons. The minimum atomic E-state index is 0.187. The smallest absolute Gasteiger partial charge is 0.241 e. The molecular formula is C16H25N3O. The first-order valence-electron chi connectivity index (χ1n) is 7.56. The number of carbonyl (C=O) groups excluding carboxylic acids is 1. The van der Waals surface area contributed by atoms with Crippen LogP contribution in [0.25, 0.3) is 0 Å². The van der Waals surface area contributed by atoms with E-state index in [-0.39, 0.29) is 5.91 Å². The maximum atomic E-state index is 12.6. The van der Waals surface area contributed by atoms with Crippen LogP contribution in [0.2, 0.25) is 0 Å². The lowest BCUT2D eigenvalue weighted by molar-refractivity contribution is -0.120. The highest BCUT2D eigenvalue weighted by molar-refractivity contribution is 5.94. The maximum absolute atomic E-state index is 12.6. The minimum Gasteiger partial charge on any atom is -0.315 e. The van der Waals surface area contributed by atoms with Crippen LogP contribution in [0.5, 0.6) is 0 Å². The Bertz CT molecular complexity index is 415. The second-order valence-electron chi connectivity index (χ2n) is 5.18. The van der Waals surface area contributed by atoms with E-state index in [1.165, 1.54) is 0 Å². The van der Waals surface area contributed by atoms with E-state index in [1.54, 1.807) is 0 Å². The van der Waals surface area contributed by atoms with E-state index in [2.05, 4.69) is 17.1 Å². The second-order valence-corrected chi connectivity index (χ2v) is 5.18. The SMILES string of the molecule is CCN(C(=O)CN(CC)C1CCNC1)c1ccccc1. The van der Waals surface area contributed by atoms with Crippen LogP contribution >= 0.6 is 0 Å². The van der Waals surface area contributed by atoms with Gasteiger partial charge in [0.1, 0.15) is 0 Å². The van der Waals surface area contributed by atoms with Crippen LogP contribution in [-0.4, -0.2) is 49.6 Å². The first kappa shape index (κ1) is 15.0. The first-order chi connectivity index (χ1) is 9.76. The molecule has 1 heterocycles. The Morgan fingerprint density at radius 1 is 1.25 bits per heavy atom. The van der Waals surface area contributed by atoms with Crippen molar-refractivity contribution in [2.75, 3.05) is 37.6 Å². The second kappa shape index (κ2) is 7.41. The fourth-order valence-electron chi connectivity index (χ4n) is 2.82. The molecule has 1 aromatic carbocycles. The Labute approximate surface area is 121 Å². The molecule has 110 valence electrons. The summed E-state index contributed by atoms with van der Waals surface area (Å²) in [6.45, 7) is 8.35. The number of amides is 1. The largest absolute Gasteiger partial charge is 0.315 e. The number of carbonyl (C=O) groups is 1. The van der Waals surface area contributed by atoms with Crippen LogP contribution in [0.3, 0.4) is 0 Å². The van der Waals surface area contributed by atoms with Gasteiger partial charge in [0.15, 0.2) is 0 Å². The molecule has 1 aliphatic rings. The molecule has 1 unspecified atom stereocenters. The number of nitrogens with zero attached hydrogens (tertiary/aromatic N) is 2. The molecule has 4 nitrogen and oxygen atoms in total. The molecule has 20 heavy (non-hydrogen) atoms. The van der Waals surface area contributed by atoms with Crippen molar-refractivity contribution in [2.24, 2.45) is 0 Å². The van der Waals surface area contributed by atoms with E-state index in [1.807, 2.05) is 42.2 Å². The Hall–Kier alpha value is -1.39. The summed E-state index contributed by atoms with van der Waals surface area (Å²) in [6, 6.07) is 10.4. The van der Waals surface area contributed by atoms with Gasteiger partial charge in [-0.15, -0.1) is 0 Å².